The van der Waals surface area contributed by atoms with Gasteiger partial charge in [-0.15, -0.1) is 0 Å². The largest absolute Gasteiger partial charge is 0.356 e. The summed E-state index contributed by atoms with van der Waals surface area (Å²) in [6.45, 7) is 4.00. The maximum absolute atomic E-state index is 6.00. The fourth-order valence-corrected chi connectivity index (χ4v) is 1.53. The summed E-state index contributed by atoms with van der Waals surface area (Å²) in [7, 11) is 0. The molecule has 0 saturated carbocycles. The van der Waals surface area contributed by atoms with Gasteiger partial charge in [-0.1, -0.05) is 23.7 Å². The Morgan fingerprint density at radius 3 is 2.92 bits per heavy atom. The van der Waals surface area contributed by atoms with Crippen molar-refractivity contribution >= 4 is 22.6 Å². The molecule has 0 aliphatic carbocycles. The Labute approximate surface area is 81.5 Å². The van der Waals surface area contributed by atoms with Gasteiger partial charge >= 0.3 is 0 Å². The second-order valence-electron chi connectivity index (χ2n) is 3.08. The van der Waals surface area contributed by atoms with Crippen molar-refractivity contribution < 1.29 is 4.52 Å². The predicted octanol–water partition coefficient (Wildman–Crippen LogP) is 3.35. The third-order valence-electron chi connectivity index (χ3n) is 2.16. The summed E-state index contributed by atoms with van der Waals surface area (Å²) in [5, 5.41) is 5.76. The molecule has 1 heterocycles. The molecule has 0 aliphatic rings. The Balaban J connectivity index is 2.77. The van der Waals surface area contributed by atoms with Crippen LogP contribution in [0.4, 0.5) is 0 Å². The van der Waals surface area contributed by atoms with Crippen molar-refractivity contribution in [1.82, 2.24) is 5.16 Å². The fourth-order valence-electron chi connectivity index (χ4n) is 1.36. The van der Waals surface area contributed by atoms with Gasteiger partial charge in [0.05, 0.1) is 5.69 Å². The van der Waals surface area contributed by atoms with E-state index in [0.29, 0.717) is 0 Å². The Kier molecular flexibility index (Phi) is 2.00. The number of nitrogens with zero attached hydrogens (tertiary/aromatic N) is 1. The van der Waals surface area contributed by atoms with Gasteiger partial charge in [0.25, 0.3) is 0 Å². The summed E-state index contributed by atoms with van der Waals surface area (Å²) in [4.78, 5) is 0. The first-order chi connectivity index (χ1) is 6.22. The molecule has 3 heteroatoms. The topological polar surface area (TPSA) is 26.0 Å². The monoisotopic (exact) mass is 195 g/mol. The molecule has 0 spiro atoms. The zero-order valence-electron chi connectivity index (χ0n) is 7.60. The Morgan fingerprint density at radius 2 is 2.23 bits per heavy atom. The molecule has 13 heavy (non-hydrogen) atoms. The zero-order valence-corrected chi connectivity index (χ0v) is 8.35. The standard InChI is InChI=1S/C10H10ClNO/c1-3-9-7-5-8(11)6(2)4-10(7)13-12-9/h4-5H,3H2,1-2H3. The lowest BCUT2D eigenvalue weighted by atomic mass is 10.1. The average Bonchev–Trinajstić information content (AvgIpc) is 2.48. The summed E-state index contributed by atoms with van der Waals surface area (Å²) in [6, 6.07) is 3.84. The number of halogens is 1. The maximum Gasteiger partial charge on any atom is 0.167 e. The molecule has 0 N–H and O–H groups in total. The van der Waals surface area contributed by atoms with Crippen LogP contribution in [0.5, 0.6) is 0 Å². The van der Waals surface area contributed by atoms with Gasteiger partial charge in [-0.2, -0.15) is 0 Å². The van der Waals surface area contributed by atoms with Gasteiger partial charge in [-0.25, -0.2) is 0 Å². The van der Waals surface area contributed by atoms with E-state index < -0.39 is 0 Å². The molecule has 0 radical (unpaired) electrons. The molecule has 2 nitrogen and oxygen atoms in total. The van der Waals surface area contributed by atoms with Crippen LogP contribution in [-0.4, -0.2) is 5.16 Å². The van der Waals surface area contributed by atoms with Crippen LogP contribution in [0.2, 0.25) is 5.02 Å². The highest BCUT2D eigenvalue weighted by Gasteiger charge is 2.08. The van der Waals surface area contributed by atoms with E-state index in [1.165, 1.54) is 0 Å². The molecular weight excluding hydrogens is 186 g/mol. The Bertz CT molecular complexity index is 447. The van der Waals surface area contributed by atoms with E-state index in [1.54, 1.807) is 0 Å². The number of aryl methyl sites for hydroxylation is 2. The summed E-state index contributed by atoms with van der Waals surface area (Å²) in [5.74, 6) is 0. The highest BCUT2D eigenvalue weighted by Crippen LogP contribution is 2.25. The van der Waals surface area contributed by atoms with Gasteiger partial charge in [-0.3, -0.25) is 0 Å². The molecule has 2 aromatic rings. The van der Waals surface area contributed by atoms with Crippen LogP contribution in [0.3, 0.4) is 0 Å². The first kappa shape index (κ1) is 8.57. The van der Waals surface area contributed by atoms with Crippen LogP contribution in [0.1, 0.15) is 18.2 Å². The summed E-state index contributed by atoms with van der Waals surface area (Å²) in [6.07, 6.45) is 0.867. The first-order valence-electron chi connectivity index (χ1n) is 4.26. The van der Waals surface area contributed by atoms with E-state index in [-0.39, 0.29) is 0 Å². The molecule has 1 aromatic heterocycles. The molecule has 0 bridgehead atoms. The van der Waals surface area contributed by atoms with E-state index in [4.69, 9.17) is 16.1 Å². The van der Waals surface area contributed by atoms with Crippen LogP contribution in [0.25, 0.3) is 11.0 Å². The Morgan fingerprint density at radius 1 is 1.46 bits per heavy atom. The fraction of sp³-hybridized carbons (Fsp3) is 0.300. The number of fused-ring (bicyclic) bond motifs is 1. The van der Waals surface area contributed by atoms with Gasteiger partial charge in [0.15, 0.2) is 5.58 Å². The highest BCUT2D eigenvalue weighted by molar-refractivity contribution is 6.32. The molecule has 2 rings (SSSR count). The van der Waals surface area contributed by atoms with Crippen LogP contribution >= 0.6 is 11.6 Å². The average molecular weight is 196 g/mol. The van der Waals surface area contributed by atoms with E-state index in [0.717, 1.165) is 33.7 Å². The summed E-state index contributed by atoms with van der Waals surface area (Å²) in [5.41, 5.74) is 2.81. The van der Waals surface area contributed by atoms with Gasteiger partial charge in [0.2, 0.25) is 0 Å². The predicted molar refractivity (Wildman–Crippen MR) is 53.1 cm³/mol. The van der Waals surface area contributed by atoms with Gasteiger partial charge in [0.1, 0.15) is 0 Å². The van der Waals surface area contributed by atoms with Crippen molar-refractivity contribution in [1.29, 1.82) is 0 Å². The van der Waals surface area contributed by atoms with Crippen LogP contribution in [0, 0.1) is 6.92 Å². The molecule has 0 aliphatic heterocycles. The second-order valence-corrected chi connectivity index (χ2v) is 3.49. The first-order valence-corrected chi connectivity index (χ1v) is 4.64. The lowest BCUT2D eigenvalue weighted by Crippen LogP contribution is -1.80. The van der Waals surface area contributed by atoms with Crippen molar-refractivity contribution in [3.8, 4) is 0 Å². The lowest BCUT2D eigenvalue weighted by Gasteiger charge is -1.96. The second kappa shape index (κ2) is 3.04. The van der Waals surface area contributed by atoms with Crippen molar-refractivity contribution in [2.75, 3.05) is 0 Å². The molecule has 0 unspecified atom stereocenters. The van der Waals surface area contributed by atoms with E-state index in [1.807, 2.05) is 26.0 Å². The SMILES string of the molecule is CCc1noc2cc(C)c(Cl)cc12. The van der Waals surface area contributed by atoms with Gasteiger partial charge in [0, 0.05) is 10.4 Å². The minimum absolute atomic E-state index is 0.769. The Hall–Kier alpha value is -1.02. The van der Waals surface area contributed by atoms with Crippen molar-refractivity contribution in [3.63, 3.8) is 0 Å². The lowest BCUT2D eigenvalue weighted by molar-refractivity contribution is 0.447. The summed E-state index contributed by atoms with van der Waals surface area (Å²) >= 11 is 6.00. The van der Waals surface area contributed by atoms with E-state index in [2.05, 4.69) is 5.16 Å². The highest BCUT2D eigenvalue weighted by atomic mass is 35.5. The normalized spacial score (nSPS) is 11.0. The number of aromatic nitrogens is 1. The molecule has 68 valence electrons. The van der Waals surface area contributed by atoms with Crippen molar-refractivity contribution in [3.05, 3.63) is 28.4 Å². The van der Waals surface area contributed by atoms with Gasteiger partial charge in [-0.05, 0) is 31.0 Å². The third-order valence-corrected chi connectivity index (χ3v) is 2.57. The minimum Gasteiger partial charge on any atom is -0.356 e. The number of hydrogen-bond donors (Lipinski definition) is 0. The molecule has 0 saturated heterocycles. The molecule has 0 amide bonds. The smallest absolute Gasteiger partial charge is 0.167 e. The minimum atomic E-state index is 0.769. The molecule has 1 aromatic carbocycles. The molecule has 0 fully saturated rings. The van der Waals surface area contributed by atoms with E-state index >= 15 is 0 Å². The molecule has 0 atom stereocenters. The van der Waals surface area contributed by atoms with Crippen molar-refractivity contribution in [2.45, 2.75) is 20.3 Å². The van der Waals surface area contributed by atoms with Crippen LogP contribution in [0.15, 0.2) is 16.7 Å². The molecular formula is C10H10ClNO. The zero-order chi connectivity index (χ0) is 9.42. The maximum atomic E-state index is 6.00. The summed E-state index contributed by atoms with van der Waals surface area (Å²) < 4.78 is 5.17. The third kappa shape index (κ3) is 1.31. The number of rotatable bonds is 1. The van der Waals surface area contributed by atoms with Crippen LogP contribution in [-0.2, 0) is 6.42 Å². The van der Waals surface area contributed by atoms with E-state index in [9.17, 15) is 0 Å². The van der Waals surface area contributed by atoms with Crippen molar-refractivity contribution in [2.24, 2.45) is 0 Å². The van der Waals surface area contributed by atoms with Gasteiger partial charge < -0.3 is 4.52 Å². The number of hydrogen-bond acceptors (Lipinski definition) is 2. The van der Waals surface area contributed by atoms with Crippen LogP contribution < -0.4 is 0 Å². The quantitative estimate of drug-likeness (QED) is 0.698. The number of benzene rings is 1.